The van der Waals surface area contributed by atoms with Crippen LogP contribution in [0.25, 0.3) is 0 Å². The molecule has 0 aromatic heterocycles. The average Bonchev–Trinajstić information content (AvgIpc) is 2.71. The van der Waals surface area contributed by atoms with Crippen LogP contribution in [0.4, 0.5) is 0 Å². The summed E-state index contributed by atoms with van der Waals surface area (Å²) in [6, 6.07) is 7.35. The summed E-state index contributed by atoms with van der Waals surface area (Å²) in [6.07, 6.45) is 0.767. The first-order valence-corrected chi connectivity index (χ1v) is 7.41. The zero-order valence-electron chi connectivity index (χ0n) is 12.2. The standard InChI is InChI=1S/C16H20N2O3/c1-17-7-4-8-18(10-9-17)15(19)14-11-12-5-2-3-6-13(12)16(20)21-14/h2-3,5-6,14H,4,7-11H2,1H3/t14-/m1/s1. The lowest BCUT2D eigenvalue weighted by atomic mass is 9.98. The number of rotatable bonds is 1. The summed E-state index contributed by atoms with van der Waals surface area (Å²) in [7, 11) is 2.06. The number of carbonyl (C=O) groups is 2. The Morgan fingerprint density at radius 3 is 2.86 bits per heavy atom. The summed E-state index contributed by atoms with van der Waals surface area (Å²) in [4.78, 5) is 28.6. The fourth-order valence-corrected chi connectivity index (χ4v) is 2.94. The van der Waals surface area contributed by atoms with E-state index in [0.717, 1.165) is 31.6 Å². The Hall–Kier alpha value is -1.88. The summed E-state index contributed by atoms with van der Waals surface area (Å²) in [6.45, 7) is 3.30. The first kappa shape index (κ1) is 14.1. The molecule has 1 aromatic carbocycles. The molecule has 0 spiro atoms. The third-order valence-corrected chi connectivity index (χ3v) is 4.20. The van der Waals surface area contributed by atoms with E-state index in [1.165, 1.54) is 0 Å². The molecule has 2 heterocycles. The Bertz CT molecular complexity index is 558. The van der Waals surface area contributed by atoms with Gasteiger partial charge in [0.15, 0.2) is 6.10 Å². The number of esters is 1. The number of amides is 1. The van der Waals surface area contributed by atoms with Crippen molar-refractivity contribution in [3.8, 4) is 0 Å². The van der Waals surface area contributed by atoms with E-state index in [2.05, 4.69) is 11.9 Å². The maximum Gasteiger partial charge on any atom is 0.339 e. The van der Waals surface area contributed by atoms with Gasteiger partial charge < -0.3 is 14.5 Å². The van der Waals surface area contributed by atoms with Crippen LogP contribution in [-0.2, 0) is 16.0 Å². The van der Waals surface area contributed by atoms with Crippen LogP contribution >= 0.6 is 0 Å². The molecule has 5 nitrogen and oxygen atoms in total. The second-order valence-corrected chi connectivity index (χ2v) is 5.74. The third kappa shape index (κ3) is 2.93. The fraction of sp³-hybridized carbons (Fsp3) is 0.500. The van der Waals surface area contributed by atoms with Crippen molar-refractivity contribution >= 4 is 11.9 Å². The van der Waals surface area contributed by atoms with E-state index in [9.17, 15) is 9.59 Å². The van der Waals surface area contributed by atoms with Crippen LogP contribution in [0.5, 0.6) is 0 Å². The molecule has 1 saturated heterocycles. The molecule has 2 aliphatic rings. The molecule has 3 rings (SSSR count). The van der Waals surface area contributed by atoms with E-state index in [0.29, 0.717) is 18.5 Å². The molecule has 0 N–H and O–H groups in total. The highest BCUT2D eigenvalue weighted by Crippen LogP contribution is 2.22. The zero-order chi connectivity index (χ0) is 14.8. The number of hydrogen-bond acceptors (Lipinski definition) is 4. The van der Waals surface area contributed by atoms with Crippen molar-refractivity contribution in [3.63, 3.8) is 0 Å². The topological polar surface area (TPSA) is 49.9 Å². The number of likely N-dealkylation sites (N-methyl/N-ethyl adjacent to an activating group) is 1. The van der Waals surface area contributed by atoms with Gasteiger partial charge in [-0.15, -0.1) is 0 Å². The second-order valence-electron chi connectivity index (χ2n) is 5.74. The summed E-state index contributed by atoms with van der Waals surface area (Å²) in [5.41, 5.74) is 1.48. The smallest absolute Gasteiger partial charge is 0.339 e. The monoisotopic (exact) mass is 288 g/mol. The van der Waals surface area contributed by atoms with E-state index in [1.807, 2.05) is 23.1 Å². The minimum atomic E-state index is -0.671. The Balaban J connectivity index is 1.73. The van der Waals surface area contributed by atoms with Gasteiger partial charge in [0.25, 0.3) is 5.91 Å². The van der Waals surface area contributed by atoms with Crippen molar-refractivity contribution in [1.29, 1.82) is 0 Å². The molecule has 1 atom stereocenters. The first-order valence-electron chi connectivity index (χ1n) is 7.41. The average molecular weight is 288 g/mol. The van der Waals surface area contributed by atoms with E-state index in [4.69, 9.17) is 4.74 Å². The maximum atomic E-state index is 12.6. The number of nitrogens with zero attached hydrogens (tertiary/aromatic N) is 2. The predicted octanol–water partition coefficient (Wildman–Crippen LogP) is 0.932. The SMILES string of the molecule is CN1CCCN(C(=O)[C@H]2Cc3ccccc3C(=O)O2)CC1. The molecular formula is C16H20N2O3. The van der Waals surface area contributed by atoms with Crippen LogP contribution in [0.1, 0.15) is 22.3 Å². The highest BCUT2D eigenvalue weighted by Gasteiger charge is 2.34. The van der Waals surface area contributed by atoms with Gasteiger partial charge in [-0.2, -0.15) is 0 Å². The van der Waals surface area contributed by atoms with Gasteiger partial charge in [0.05, 0.1) is 5.56 Å². The predicted molar refractivity (Wildman–Crippen MR) is 78.0 cm³/mol. The van der Waals surface area contributed by atoms with Crippen LogP contribution in [0.15, 0.2) is 24.3 Å². The minimum absolute atomic E-state index is 0.0619. The summed E-state index contributed by atoms with van der Waals surface area (Å²) >= 11 is 0. The number of cyclic esters (lactones) is 1. The van der Waals surface area contributed by atoms with Crippen LogP contribution in [0.2, 0.25) is 0 Å². The van der Waals surface area contributed by atoms with Crippen molar-refractivity contribution in [3.05, 3.63) is 35.4 Å². The van der Waals surface area contributed by atoms with E-state index in [-0.39, 0.29) is 11.9 Å². The lowest BCUT2D eigenvalue weighted by Gasteiger charge is -2.29. The zero-order valence-corrected chi connectivity index (χ0v) is 12.2. The van der Waals surface area contributed by atoms with Crippen molar-refractivity contribution in [1.82, 2.24) is 9.80 Å². The van der Waals surface area contributed by atoms with E-state index in [1.54, 1.807) is 6.07 Å². The van der Waals surface area contributed by atoms with Crippen LogP contribution in [0, 0.1) is 0 Å². The number of carbonyl (C=O) groups excluding carboxylic acids is 2. The Morgan fingerprint density at radius 1 is 1.19 bits per heavy atom. The van der Waals surface area contributed by atoms with Crippen molar-refractivity contribution < 1.29 is 14.3 Å². The quantitative estimate of drug-likeness (QED) is 0.722. The van der Waals surface area contributed by atoms with Gasteiger partial charge in [-0.05, 0) is 31.6 Å². The number of ether oxygens (including phenoxy) is 1. The third-order valence-electron chi connectivity index (χ3n) is 4.20. The van der Waals surface area contributed by atoms with Gasteiger partial charge in [0, 0.05) is 26.1 Å². The van der Waals surface area contributed by atoms with Gasteiger partial charge >= 0.3 is 5.97 Å². The van der Waals surface area contributed by atoms with E-state index < -0.39 is 6.10 Å². The molecule has 5 heteroatoms. The Morgan fingerprint density at radius 2 is 2.00 bits per heavy atom. The molecule has 0 unspecified atom stereocenters. The Labute approximate surface area is 124 Å². The molecular weight excluding hydrogens is 268 g/mol. The fourth-order valence-electron chi connectivity index (χ4n) is 2.94. The van der Waals surface area contributed by atoms with Gasteiger partial charge in [-0.25, -0.2) is 4.79 Å². The molecule has 21 heavy (non-hydrogen) atoms. The van der Waals surface area contributed by atoms with Crippen molar-refractivity contribution in [2.24, 2.45) is 0 Å². The van der Waals surface area contributed by atoms with Gasteiger partial charge in [0.1, 0.15) is 0 Å². The van der Waals surface area contributed by atoms with Crippen LogP contribution in [-0.4, -0.2) is 61.0 Å². The lowest BCUT2D eigenvalue weighted by Crippen LogP contribution is -2.45. The van der Waals surface area contributed by atoms with Crippen molar-refractivity contribution in [2.45, 2.75) is 18.9 Å². The highest BCUT2D eigenvalue weighted by atomic mass is 16.5. The molecule has 0 saturated carbocycles. The first-order chi connectivity index (χ1) is 10.1. The number of fused-ring (bicyclic) bond motifs is 1. The van der Waals surface area contributed by atoms with Crippen LogP contribution < -0.4 is 0 Å². The minimum Gasteiger partial charge on any atom is -0.448 e. The lowest BCUT2D eigenvalue weighted by molar-refractivity contribution is -0.141. The molecule has 2 aliphatic heterocycles. The number of benzene rings is 1. The molecule has 112 valence electrons. The summed E-state index contributed by atoms with van der Waals surface area (Å²) < 4.78 is 5.35. The van der Waals surface area contributed by atoms with Gasteiger partial charge in [-0.3, -0.25) is 4.79 Å². The highest BCUT2D eigenvalue weighted by molar-refractivity contribution is 5.95. The van der Waals surface area contributed by atoms with Gasteiger partial charge in [-0.1, -0.05) is 18.2 Å². The molecule has 1 aromatic rings. The molecule has 0 bridgehead atoms. The Kier molecular flexibility index (Phi) is 3.92. The maximum absolute atomic E-state index is 12.6. The summed E-state index contributed by atoms with van der Waals surface area (Å²) in [5, 5.41) is 0. The molecule has 0 aliphatic carbocycles. The second kappa shape index (κ2) is 5.85. The number of hydrogen-bond donors (Lipinski definition) is 0. The largest absolute Gasteiger partial charge is 0.448 e. The molecule has 0 radical (unpaired) electrons. The summed E-state index contributed by atoms with van der Waals surface area (Å²) in [5.74, 6) is -0.449. The molecule has 1 amide bonds. The van der Waals surface area contributed by atoms with Gasteiger partial charge in [0.2, 0.25) is 0 Å². The van der Waals surface area contributed by atoms with E-state index >= 15 is 0 Å². The molecule has 1 fully saturated rings. The normalized spacial score (nSPS) is 23.2. The van der Waals surface area contributed by atoms with Crippen molar-refractivity contribution in [2.75, 3.05) is 33.2 Å². The van der Waals surface area contributed by atoms with Crippen LogP contribution in [0.3, 0.4) is 0 Å².